The predicted octanol–water partition coefficient (Wildman–Crippen LogP) is 3.51. The Morgan fingerprint density at radius 2 is 2.00 bits per heavy atom. The Bertz CT molecular complexity index is 514. The summed E-state index contributed by atoms with van der Waals surface area (Å²) in [6.07, 6.45) is 0.346. The Morgan fingerprint density at radius 1 is 1.35 bits per heavy atom. The van der Waals surface area contributed by atoms with Crippen LogP contribution in [0.3, 0.4) is 0 Å². The van der Waals surface area contributed by atoms with Gasteiger partial charge in [-0.25, -0.2) is 4.79 Å². The van der Waals surface area contributed by atoms with Crippen molar-refractivity contribution in [2.45, 2.75) is 38.8 Å². The van der Waals surface area contributed by atoms with Crippen LogP contribution >= 0.6 is 0 Å². The number of ether oxygens (including phenoxy) is 1. The van der Waals surface area contributed by atoms with Crippen LogP contribution in [0.2, 0.25) is 0 Å². The molecule has 106 valence electrons. The summed E-state index contributed by atoms with van der Waals surface area (Å²) in [5.41, 5.74) is 0.464. The van der Waals surface area contributed by atoms with Crippen LogP contribution in [0, 0.1) is 17.2 Å². The van der Waals surface area contributed by atoms with E-state index in [2.05, 4.69) is 6.07 Å². The maximum Gasteiger partial charge on any atom is 0.410 e. The Morgan fingerprint density at radius 3 is 2.55 bits per heavy atom. The first kappa shape index (κ1) is 14.4. The van der Waals surface area contributed by atoms with Crippen LogP contribution < -0.4 is 0 Å². The van der Waals surface area contributed by atoms with Crippen molar-refractivity contribution in [3.8, 4) is 6.07 Å². The highest BCUT2D eigenvalue weighted by molar-refractivity contribution is 5.69. The molecular weight excluding hydrogens is 252 g/mol. The van der Waals surface area contributed by atoms with E-state index in [1.54, 1.807) is 4.90 Å². The van der Waals surface area contributed by atoms with Gasteiger partial charge >= 0.3 is 6.09 Å². The van der Waals surface area contributed by atoms with Gasteiger partial charge in [-0.15, -0.1) is 0 Å². The highest BCUT2D eigenvalue weighted by Gasteiger charge is 2.40. The normalized spacial score (nSPS) is 22.4. The van der Waals surface area contributed by atoms with Crippen LogP contribution in [0.15, 0.2) is 30.3 Å². The van der Waals surface area contributed by atoms with Gasteiger partial charge in [-0.05, 0) is 32.8 Å². The molecule has 0 aromatic heterocycles. The quantitative estimate of drug-likeness (QED) is 0.786. The van der Waals surface area contributed by atoms with Crippen molar-refractivity contribution in [3.63, 3.8) is 0 Å². The first-order valence-corrected chi connectivity index (χ1v) is 6.86. The van der Waals surface area contributed by atoms with Gasteiger partial charge in [0.2, 0.25) is 0 Å². The lowest BCUT2D eigenvalue weighted by Crippen LogP contribution is -2.37. The molecule has 2 atom stereocenters. The third-order valence-corrected chi connectivity index (χ3v) is 3.33. The molecule has 1 aromatic carbocycles. The summed E-state index contributed by atoms with van der Waals surface area (Å²) in [4.78, 5) is 14.0. The number of carbonyl (C=O) groups is 1. The Labute approximate surface area is 120 Å². The molecule has 2 unspecified atom stereocenters. The van der Waals surface area contributed by atoms with Crippen LogP contribution in [-0.2, 0) is 4.74 Å². The minimum atomic E-state index is -0.525. The largest absolute Gasteiger partial charge is 0.444 e. The summed E-state index contributed by atoms with van der Waals surface area (Å²) in [5.74, 6) is -0.176. The van der Waals surface area contributed by atoms with Gasteiger partial charge in [0.15, 0.2) is 0 Å². The standard InChI is InChI=1S/C16H20N2O2/c1-16(2,3)20-15(19)18-10-9-13(11-17)14(18)12-7-5-4-6-8-12/h4-8,13-14H,9-10H2,1-3H3. The molecule has 0 bridgehead atoms. The smallest absolute Gasteiger partial charge is 0.410 e. The monoisotopic (exact) mass is 272 g/mol. The van der Waals surface area contributed by atoms with Gasteiger partial charge in [0.25, 0.3) is 0 Å². The zero-order valence-corrected chi connectivity index (χ0v) is 12.2. The van der Waals surface area contributed by atoms with E-state index in [1.807, 2.05) is 51.1 Å². The van der Waals surface area contributed by atoms with E-state index in [1.165, 1.54) is 0 Å². The molecule has 4 heteroatoms. The molecule has 1 aliphatic heterocycles. The second kappa shape index (κ2) is 5.54. The minimum absolute atomic E-state index is 0.176. The maximum absolute atomic E-state index is 12.3. The van der Waals surface area contributed by atoms with E-state index in [-0.39, 0.29) is 18.1 Å². The summed E-state index contributed by atoms with van der Waals surface area (Å²) >= 11 is 0. The summed E-state index contributed by atoms with van der Waals surface area (Å²) in [5, 5.41) is 9.30. The summed E-state index contributed by atoms with van der Waals surface area (Å²) in [6, 6.07) is 11.8. The van der Waals surface area contributed by atoms with Crippen LogP contribution in [-0.4, -0.2) is 23.1 Å². The lowest BCUT2D eigenvalue weighted by atomic mass is 9.95. The first-order valence-electron chi connectivity index (χ1n) is 6.86. The molecule has 0 N–H and O–H groups in total. The average molecular weight is 272 g/mol. The number of likely N-dealkylation sites (tertiary alicyclic amines) is 1. The molecule has 1 aliphatic rings. The maximum atomic E-state index is 12.3. The topological polar surface area (TPSA) is 53.3 Å². The molecule has 20 heavy (non-hydrogen) atoms. The fraction of sp³-hybridized carbons (Fsp3) is 0.500. The van der Waals surface area contributed by atoms with Crippen LogP contribution in [0.1, 0.15) is 38.8 Å². The molecule has 0 radical (unpaired) electrons. The van der Waals surface area contributed by atoms with Gasteiger partial charge < -0.3 is 4.74 Å². The summed E-state index contributed by atoms with van der Waals surface area (Å²) in [7, 11) is 0. The number of rotatable bonds is 1. The van der Waals surface area contributed by atoms with Crippen molar-refractivity contribution in [2.75, 3.05) is 6.54 Å². The van der Waals surface area contributed by atoms with Gasteiger partial charge in [-0.2, -0.15) is 5.26 Å². The molecule has 1 saturated heterocycles. The van der Waals surface area contributed by atoms with E-state index in [0.717, 1.165) is 5.56 Å². The second-order valence-corrected chi connectivity index (χ2v) is 6.05. The third kappa shape index (κ3) is 3.11. The highest BCUT2D eigenvalue weighted by Crippen LogP contribution is 2.37. The molecule has 0 saturated carbocycles. The van der Waals surface area contributed by atoms with Crippen molar-refractivity contribution in [1.82, 2.24) is 4.90 Å². The third-order valence-electron chi connectivity index (χ3n) is 3.33. The molecule has 2 rings (SSSR count). The van der Waals surface area contributed by atoms with Gasteiger partial charge in [0.05, 0.1) is 18.0 Å². The van der Waals surface area contributed by atoms with Crippen molar-refractivity contribution < 1.29 is 9.53 Å². The number of carbonyl (C=O) groups excluding carboxylic acids is 1. The van der Waals surface area contributed by atoms with Crippen LogP contribution in [0.25, 0.3) is 0 Å². The van der Waals surface area contributed by atoms with E-state index in [0.29, 0.717) is 13.0 Å². The molecular formula is C16H20N2O2. The molecule has 1 amide bonds. The number of hydrogen-bond acceptors (Lipinski definition) is 3. The van der Waals surface area contributed by atoms with Crippen LogP contribution in [0.4, 0.5) is 4.79 Å². The molecule has 1 fully saturated rings. The van der Waals surface area contributed by atoms with Crippen molar-refractivity contribution in [2.24, 2.45) is 5.92 Å². The van der Waals surface area contributed by atoms with Gasteiger partial charge in [0.1, 0.15) is 5.60 Å². The molecule has 0 aliphatic carbocycles. The molecule has 1 heterocycles. The zero-order valence-electron chi connectivity index (χ0n) is 12.2. The van der Waals surface area contributed by atoms with E-state index in [9.17, 15) is 10.1 Å². The first-order chi connectivity index (χ1) is 9.42. The number of benzene rings is 1. The second-order valence-electron chi connectivity index (χ2n) is 6.05. The van der Waals surface area contributed by atoms with Crippen LogP contribution in [0.5, 0.6) is 0 Å². The predicted molar refractivity (Wildman–Crippen MR) is 75.8 cm³/mol. The van der Waals surface area contributed by atoms with Crippen molar-refractivity contribution >= 4 is 6.09 Å². The molecule has 1 aromatic rings. The molecule has 0 spiro atoms. The molecule has 4 nitrogen and oxygen atoms in total. The summed E-state index contributed by atoms with van der Waals surface area (Å²) in [6.45, 7) is 6.10. The highest BCUT2D eigenvalue weighted by atomic mass is 16.6. The van der Waals surface area contributed by atoms with Gasteiger partial charge in [-0.1, -0.05) is 30.3 Å². The van der Waals surface area contributed by atoms with Gasteiger partial charge in [0, 0.05) is 6.54 Å². The Hall–Kier alpha value is -2.02. The number of hydrogen-bond donors (Lipinski definition) is 0. The number of amides is 1. The fourth-order valence-corrected chi connectivity index (χ4v) is 2.52. The zero-order chi connectivity index (χ0) is 14.8. The Balaban J connectivity index is 2.25. The lowest BCUT2D eigenvalue weighted by Gasteiger charge is -2.29. The van der Waals surface area contributed by atoms with Gasteiger partial charge in [-0.3, -0.25) is 4.90 Å². The lowest BCUT2D eigenvalue weighted by molar-refractivity contribution is 0.0214. The van der Waals surface area contributed by atoms with E-state index >= 15 is 0 Å². The Kier molecular flexibility index (Phi) is 3.99. The van der Waals surface area contributed by atoms with Crippen molar-refractivity contribution in [3.05, 3.63) is 35.9 Å². The number of nitriles is 1. The minimum Gasteiger partial charge on any atom is -0.444 e. The summed E-state index contributed by atoms with van der Waals surface area (Å²) < 4.78 is 5.44. The van der Waals surface area contributed by atoms with Crippen molar-refractivity contribution in [1.29, 1.82) is 5.26 Å². The number of nitrogens with zero attached hydrogens (tertiary/aromatic N) is 2. The fourth-order valence-electron chi connectivity index (χ4n) is 2.52. The van der Waals surface area contributed by atoms with E-state index < -0.39 is 5.60 Å². The average Bonchev–Trinajstić information content (AvgIpc) is 2.81. The van der Waals surface area contributed by atoms with E-state index in [4.69, 9.17) is 4.74 Å². The SMILES string of the molecule is CC(C)(C)OC(=O)N1CCC(C#N)C1c1ccccc1.